The SMILES string of the molecule is N=C(N)N1CCCC(CC(NC(=O)C2CC[C@H]3CN(C(=O)c4ccc5ccccc5c4)CC(=O)N23)C(=O)c2nccs2)C1. The molecule has 3 aromatic rings. The number of ketones is 1. The van der Waals surface area contributed by atoms with Crippen LogP contribution in [-0.2, 0) is 9.59 Å². The van der Waals surface area contributed by atoms with E-state index >= 15 is 0 Å². The highest BCUT2D eigenvalue weighted by molar-refractivity contribution is 7.11. The zero-order chi connectivity index (χ0) is 30.1. The molecule has 43 heavy (non-hydrogen) atoms. The molecule has 0 spiro atoms. The van der Waals surface area contributed by atoms with Crippen molar-refractivity contribution in [2.45, 2.75) is 50.2 Å². The van der Waals surface area contributed by atoms with Crippen LogP contribution in [0.2, 0.25) is 0 Å². The summed E-state index contributed by atoms with van der Waals surface area (Å²) >= 11 is 1.23. The lowest BCUT2D eigenvalue weighted by Crippen LogP contribution is -2.60. The number of nitrogens with zero attached hydrogens (tertiary/aromatic N) is 4. The predicted molar refractivity (Wildman–Crippen MR) is 163 cm³/mol. The summed E-state index contributed by atoms with van der Waals surface area (Å²) in [6.07, 6.45) is 4.71. The summed E-state index contributed by atoms with van der Waals surface area (Å²) in [5.41, 5.74) is 6.25. The summed E-state index contributed by atoms with van der Waals surface area (Å²) in [5, 5.41) is 14.8. The highest BCUT2D eigenvalue weighted by Gasteiger charge is 2.46. The van der Waals surface area contributed by atoms with Crippen molar-refractivity contribution in [3.05, 3.63) is 64.6 Å². The van der Waals surface area contributed by atoms with Crippen LogP contribution < -0.4 is 11.1 Å². The van der Waals surface area contributed by atoms with Crippen molar-refractivity contribution in [1.82, 2.24) is 25.0 Å². The fourth-order valence-corrected chi connectivity index (χ4v) is 7.35. The minimum Gasteiger partial charge on any atom is -0.370 e. The predicted octanol–water partition coefficient (Wildman–Crippen LogP) is 2.47. The van der Waals surface area contributed by atoms with Gasteiger partial charge in [-0.15, -0.1) is 11.3 Å². The summed E-state index contributed by atoms with van der Waals surface area (Å²) in [5.74, 6) is -1.02. The van der Waals surface area contributed by atoms with Crippen LogP contribution in [0.5, 0.6) is 0 Å². The highest BCUT2D eigenvalue weighted by atomic mass is 32.1. The van der Waals surface area contributed by atoms with Crippen molar-refractivity contribution in [1.29, 1.82) is 5.41 Å². The van der Waals surface area contributed by atoms with Gasteiger partial charge in [0.2, 0.25) is 17.6 Å². The molecule has 0 aliphatic carbocycles. The van der Waals surface area contributed by atoms with Crippen LogP contribution in [0.1, 0.15) is 52.3 Å². The topological polar surface area (TPSA) is 153 Å². The molecule has 12 heteroatoms. The van der Waals surface area contributed by atoms with Gasteiger partial charge in [0.05, 0.1) is 12.1 Å². The molecule has 6 rings (SSSR count). The Balaban J connectivity index is 1.14. The van der Waals surface area contributed by atoms with E-state index in [1.54, 1.807) is 32.3 Å². The standard InChI is InChI=1S/C31H35N7O4S/c32-31(33)36-12-3-4-19(16-36)14-24(27(40)29-34-11-13-43-29)35-28(41)25-10-9-23-17-37(18-26(39)38(23)25)30(42)22-8-7-20-5-1-2-6-21(20)15-22/h1-2,5-8,11,13,15,19,23-25H,3-4,9-10,12,14,16-18H2,(H3,32,33)(H,35,41)/t19?,23-,24?,25?/m0/s1. The largest absolute Gasteiger partial charge is 0.370 e. The van der Waals surface area contributed by atoms with Crippen LogP contribution >= 0.6 is 11.3 Å². The number of likely N-dealkylation sites (tertiary alicyclic amines) is 1. The monoisotopic (exact) mass is 601 g/mol. The lowest BCUT2D eigenvalue weighted by molar-refractivity contribution is -0.144. The number of Topliss-reactive ketones (excluding diaryl/α,β-unsaturated/α-hetero) is 1. The van der Waals surface area contributed by atoms with E-state index in [4.69, 9.17) is 11.1 Å². The second-order valence-corrected chi connectivity index (χ2v) is 12.5. The normalized spacial score (nSPS) is 22.7. The highest BCUT2D eigenvalue weighted by Crippen LogP contribution is 2.30. The number of carbonyl (C=O) groups excluding carboxylic acids is 4. The van der Waals surface area contributed by atoms with Gasteiger partial charge in [-0.3, -0.25) is 24.6 Å². The summed E-state index contributed by atoms with van der Waals surface area (Å²) in [6, 6.07) is 11.6. The van der Waals surface area contributed by atoms with Gasteiger partial charge in [-0.1, -0.05) is 30.3 Å². The zero-order valence-corrected chi connectivity index (χ0v) is 24.6. The van der Waals surface area contributed by atoms with Crippen LogP contribution in [0, 0.1) is 11.3 Å². The van der Waals surface area contributed by atoms with Crippen molar-refractivity contribution in [3.63, 3.8) is 0 Å². The molecule has 4 heterocycles. The van der Waals surface area contributed by atoms with Gasteiger partial charge in [-0.25, -0.2) is 4.98 Å². The molecule has 3 fully saturated rings. The Hall–Kier alpha value is -4.32. The average molecular weight is 602 g/mol. The minimum absolute atomic E-state index is 0.00489. The number of carbonyl (C=O) groups is 4. The molecule has 4 atom stereocenters. The number of aromatic nitrogens is 1. The van der Waals surface area contributed by atoms with E-state index in [0.29, 0.717) is 49.5 Å². The summed E-state index contributed by atoms with van der Waals surface area (Å²) in [4.78, 5) is 63.1. The number of amides is 3. The van der Waals surface area contributed by atoms with Crippen LogP contribution in [-0.4, -0.2) is 93.5 Å². The van der Waals surface area contributed by atoms with Gasteiger partial charge in [0, 0.05) is 36.8 Å². The molecule has 1 aromatic heterocycles. The Morgan fingerprint density at radius 1 is 1.07 bits per heavy atom. The zero-order valence-electron chi connectivity index (χ0n) is 23.8. The Morgan fingerprint density at radius 2 is 1.88 bits per heavy atom. The van der Waals surface area contributed by atoms with E-state index < -0.39 is 12.1 Å². The lowest BCUT2D eigenvalue weighted by atomic mass is 9.89. The molecule has 0 radical (unpaired) electrons. The first-order chi connectivity index (χ1) is 20.8. The molecular weight excluding hydrogens is 566 g/mol. The number of guanidine groups is 1. The van der Waals surface area contributed by atoms with Crippen LogP contribution in [0.4, 0.5) is 0 Å². The Bertz CT molecular complexity index is 1560. The molecule has 11 nitrogen and oxygen atoms in total. The number of fused-ring (bicyclic) bond motifs is 2. The number of thiazole rings is 1. The van der Waals surface area contributed by atoms with Gasteiger partial charge in [0.15, 0.2) is 11.0 Å². The van der Waals surface area contributed by atoms with Gasteiger partial charge in [0.1, 0.15) is 12.6 Å². The second kappa shape index (κ2) is 12.1. The third-order valence-electron chi connectivity index (χ3n) is 8.84. The number of hydrogen-bond acceptors (Lipinski definition) is 7. The molecule has 0 bridgehead atoms. The number of piperidine rings is 1. The number of piperazine rings is 1. The first-order valence-electron chi connectivity index (χ1n) is 14.7. The first-order valence-corrected chi connectivity index (χ1v) is 15.6. The summed E-state index contributed by atoms with van der Waals surface area (Å²) < 4.78 is 0. The van der Waals surface area contributed by atoms with Crippen molar-refractivity contribution in [2.75, 3.05) is 26.2 Å². The molecule has 3 unspecified atom stereocenters. The molecule has 3 aliphatic rings. The average Bonchev–Trinajstić information content (AvgIpc) is 3.71. The molecule has 0 saturated carbocycles. The summed E-state index contributed by atoms with van der Waals surface area (Å²) in [7, 11) is 0. The van der Waals surface area contributed by atoms with E-state index in [0.717, 1.165) is 23.6 Å². The third-order valence-corrected chi connectivity index (χ3v) is 9.63. The van der Waals surface area contributed by atoms with Crippen LogP contribution in [0.25, 0.3) is 10.8 Å². The maximum Gasteiger partial charge on any atom is 0.254 e. The van der Waals surface area contributed by atoms with Gasteiger partial charge in [-0.2, -0.15) is 0 Å². The van der Waals surface area contributed by atoms with E-state index in [9.17, 15) is 19.2 Å². The maximum atomic E-state index is 13.7. The Kier molecular flexibility index (Phi) is 8.11. The van der Waals surface area contributed by atoms with Crippen LogP contribution in [0.3, 0.4) is 0 Å². The summed E-state index contributed by atoms with van der Waals surface area (Å²) in [6.45, 7) is 1.50. The van der Waals surface area contributed by atoms with E-state index in [1.165, 1.54) is 11.3 Å². The Labute approximate surface area is 253 Å². The molecular formula is C31H35N7O4S. The lowest BCUT2D eigenvalue weighted by Gasteiger charge is -2.39. The van der Waals surface area contributed by atoms with Crippen LogP contribution in [0.15, 0.2) is 54.0 Å². The van der Waals surface area contributed by atoms with Crippen molar-refractivity contribution in [2.24, 2.45) is 11.7 Å². The van der Waals surface area contributed by atoms with Gasteiger partial charge < -0.3 is 25.8 Å². The second-order valence-electron chi connectivity index (χ2n) is 11.6. The third kappa shape index (κ3) is 5.96. The van der Waals surface area contributed by atoms with Gasteiger partial charge >= 0.3 is 0 Å². The number of hydrogen-bond donors (Lipinski definition) is 3. The van der Waals surface area contributed by atoms with E-state index in [2.05, 4.69) is 10.3 Å². The first kappa shape index (κ1) is 28.8. The quantitative estimate of drug-likeness (QED) is 0.214. The fourth-order valence-electron chi connectivity index (χ4n) is 6.72. The number of benzene rings is 2. The molecule has 2 aromatic carbocycles. The van der Waals surface area contributed by atoms with E-state index in [-0.39, 0.29) is 48.0 Å². The Morgan fingerprint density at radius 3 is 2.65 bits per heavy atom. The number of nitrogens with one attached hydrogen (secondary N) is 2. The van der Waals surface area contributed by atoms with E-state index in [1.807, 2.05) is 36.4 Å². The van der Waals surface area contributed by atoms with Crippen molar-refractivity contribution in [3.8, 4) is 0 Å². The molecule has 224 valence electrons. The van der Waals surface area contributed by atoms with Gasteiger partial charge in [-0.05, 0) is 60.9 Å². The smallest absolute Gasteiger partial charge is 0.254 e. The number of rotatable bonds is 7. The number of nitrogens with two attached hydrogens (primary N) is 1. The van der Waals surface area contributed by atoms with Gasteiger partial charge in [0.25, 0.3) is 5.91 Å². The van der Waals surface area contributed by atoms with Crippen molar-refractivity contribution >= 4 is 51.6 Å². The van der Waals surface area contributed by atoms with Crippen molar-refractivity contribution < 1.29 is 19.2 Å². The minimum atomic E-state index is -0.805. The molecule has 4 N–H and O–H groups in total. The maximum absolute atomic E-state index is 13.7. The molecule has 3 amide bonds. The fraction of sp³-hybridized carbons (Fsp3) is 0.419. The molecule has 3 aliphatic heterocycles. The molecule has 3 saturated heterocycles.